The number of halogens is 3. The number of thiophene rings is 1. The summed E-state index contributed by atoms with van der Waals surface area (Å²) in [6.45, 7) is 0.398. The Morgan fingerprint density at radius 2 is 2.11 bits per heavy atom. The number of nitrogens with zero attached hydrogens (tertiary/aromatic N) is 2. The predicted octanol–water partition coefficient (Wildman–Crippen LogP) is 3.17. The highest BCUT2D eigenvalue weighted by Crippen LogP contribution is 2.26. The van der Waals surface area contributed by atoms with Crippen LogP contribution in [0.15, 0.2) is 35.4 Å². The van der Waals surface area contributed by atoms with Crippen molar-refractivity contribution in [3.05, 3.63) is 57.0 Å². The number of aryl methyl sites for hydroxylation is 2. The van der Waals surface area contributed by atoms with Gasteiger partial charge in [0.1, 0.15) is 10.6 Å². The summed E-state index contributed by atoms with van der Waals surface area (Å²) in [5.41, 5.74) is 0.904. The normalized spacial score (nSPS) is 11.6. The number of fused-ring (bicyclic) bond motifs is 1. The van der Waals surface area contributed by atoms with Crippen molar-refractivity contribution in [3.8, 4) is 5.75 Å². The lowest BCUT2D eigenvalue weighted by Crippen LogP contribution is -2.23. The van der Waals surface area contributed by atoms with Gasteiger partial charge >= 0.3 is 6.18 Å². The van der Waals surface area contributed by atoms with Gasteiger partial charge in [-0.2, -0.15) is 13.2 Å². The van der Waals surface area contributed by atoms with Gasteiger partial charge in [0.15, 0.2) is 6.61 Å². The molecule has 0 aliphatic carbocycles. The van der Waals surface area contributed by atoms with Crippen LogP contribution >= 0.6 is 11.3 Å². The van der Waals surface area contributed by atoms with Crippen molar-refractivity contribution >= 4 is 27.5 Å². The molecule has 0 saturated heterocycles. The second kappa shape index (κ2) is 7.63. The quantitative estimate of drug-likeness (QED) is 0.700. The van der Waals surface area contributed by atoms with Gasteiger partial charge < -0.3 is 14.6 Å². The maximum Gasteiger partial charge on any atom is 0.422 e. The SMILES string of the molecule is Cc1c(C(=O)NCc2cccc(OCC(F)(F)F)c2)sc2ncn(C)c(=O)c12. The number of amides is 1. The van der Waals surface area contributed by atoms with E-state index in [0.717, 1.165) is 11.3 Å². The molecule has 1 aromatic carbocycles. The zero-order chi connectivity index (χ0) is 20.5. The van der Waals surface area contributed by atoms with Gasteiger partial charge in [0, 0.05) is 13.6 Å². The summed E-state index contributed by atoms with van der Waals surface area (Å²) in [5.74, 6) is -0.320. The number of nitrogens with one attached hydrogen (secondary N) is 1. The number of aromatic nitrogens is 2. The van der Waals surface area contributed by atoms with E-state index in [2.05, 4.69) is 10.3 Å². The molecule has 0 atom stereocenters. The van der Waals surface area contributed by atoms with E-state index >= 15 is 0 Å². The first-order valence-corrected chi connectivity index (χ1v) is 8.99. The van der Waals surface area contributed by atoms with E-state index in [-0.39, 0.29) is 23.8 Å². The third kappa shape index (κ3) is 4.33. The molecule has 1 amide bonds. The van der Waals surface area contributed by atoms with Crippen LogP contribution in [0.3, 0.4) is 0 Å². The number of hydrogen-bond acceptors (Lipinski definition) is 5. The minimum absolute atomic E-state index is 0.0646. The summed E-state index contributed by atoms with van der Waals surface area (Å²) in [5, 5.41) is 3.11. The summed E-state index contributed by atoms with van der Waals surface area (Å²) < 4.78 is 42.8. The molecule has 28 heavy (non-hydrogen) atoms. The highest BCUT2D eigenvalue weighted by Gasteiger charge is 2.28. The van der Waals surface area contributed by atoms with Crippen LogP contribution in [0.5, 0.6) is 5.75 Å². The van der Waals surface area contributed by atoms with Crippen LogP contribution in [-0.4, -0.2) is 28.2 Å². The minimum atomic E-state index is -4.42. The Morgan fingerprint density at radius 3 is 2.82 bits per heavy atom. The van der Waals surface area contributed by atoms with E-state index in [1.54, 1.807) is 26.1 Å². The Bertz CT molecular complexity index is 1090. The number of ether oxygens (including phenoxy) is 1. The topological polar surface area (TPSA) is 73.2 Å². The molecule has 0 radical (unpaired) electrons. The Balaban J connectivity index is 1.73. The third-order valence-corrected chi connectivity index (χ3v) is 5.17. The molecule has 0 aliphatic heterocycles. The Labute approximate surface area is 161 Å². The number of carbonyl (C=O) groups excluding carboxylic acids is 1. The van der Waals surface area contributed by atoms with Gasteiger partial charge in [-0.25, -0.2) is 4.98 Å². The number of benzene rings is 1. The number of hydrogen-bond donors (Lipinski definition) is 1. The molecule has 0 fully saturated rings. The van der Waals surface area contributed by atoms with Gasteiger partial charge in [-0.05, 0) is 30.2 Å². The molecule has 6 nitrogen and oxygen atoms in total. The zero-order valence-electron chi connectivity index (χ0n) is 15.0. The molecule has 2 heterocycles. The fraction of sp³-hybridized carbons (Fsp3) is 0.278. The first-order chi connectivity index (χ1) is 13.2. The van der Waals surface area contributed by atoms with Gasteiger partial charge in [-0.1, -0.05) is 12.1 Å². The van der Waals surface area contributed by atoms with E-state index in [9.17, 15) is 22.8 Å². The summed E-state index contributed by atoms with van der Waals surface area (Å²) in [7, 11) is 1.58. The fourth-order valence-electron chi connectivity index (χ4n) is 2.60. The molecule has 0 aliphatic rings. The monoisotopic (exact) mass is 411 g/mol. The number of carbonyl (C=O) groups is 1. The van der Waals surface area contributed by atoms with Crippen molar-refractivity contribution < 1.29 is 22.7 Å². The lowest BCUT2D eigenvalue weighted by atomic mass is 10.2. The van der Waals surface area contributed by atoms with Crippen molar-refractivity contribution in [2.24, 2.45) is 7.05 Å². The largest absolute Gasteiger partial charge is 0.484 e. The predicted molar refractivity (Wildman–Crippen MR) is 98.8 cm³/mol. The highest BCUT2D eigenvalue weighted by molar-refractivity contribution is 7.20. The van der Waals surface area contributed by atoms with Gasteiger partial charge in [0.05, 0.1) is 16.6 Å². The second-order valence-electron chi connectivity index (χ2n) is 6.13. The molecular formula is C18H16F3N3O3S. The van der Waals surface area contributed by atoms with Gasteiger partial charge in [-0.3, -0.25) is 9.59 Å². The van der Waals surface area contributed by atoms with Gasteiger partial charge in [0.2, 0.25) is 0 Å². The lowest BCUT2D eigenvalue weighted by molar-refractivity contribution is -0.153. The number of rotatable bonds is 5. The van der Waals surface area contributed by atoms with E-state index in [4.69, 9.17) is 4.74 Å². The fourth-order valence-corrected chi connectivity index (χ4v) is 3.65. The molecular weight excluding hydrogens is 395 g/mol. The van der Waals surface area contributed by atoms with Gasteiger partial charge in [-0.15, -0.1) is 11.3 Å². The molecule has 0 saturated carbocycles. The Morgan fingerprint density at radius 1 is 1.36 bits per heavy atom. The second-order valence-corrected chi connectivity index (χ2v) is 7.13. The van der Waals surface area contributed by atoms with Crippen LogP contribution in [0.2, 0.25) is 0 Å². The standard InChI is InChI=1S/C18H16F3N3O3S/c1-10-13-16(23-9-24(2)17(13)26)28-14(10)15(25)22-7-11-4-3-5-12(6-11)27-8-18(19,20)21/h3-6,9H,7-8H2,1-2H3,(H,22,25). The van der Waals surface area contributed by atoms with Crippen molar-refractivity contribution in [2.45, 2.75) is 19.6 Å². The van der Waals surface area contributed by atoms with Crippen LogP contribution in [0, 0.1) is 6.92 Å². The van der Waals surface area contributed by atoms with E-state index < -0.39 is 12.8 Å². The van der Waals surface area contributed by atoms with Gasteiger partial charge in [0.25, 0.3) is 11.5 Å². The first kappa shape index (κ1) is 19.9. The summed E-state index contributed by atoms with van der Waals surface area (Å²) in [4.78, 5) is 29.8. The van der Waals surface area contributed by atoms with Crippen LogP contribution in [0.1, 0.15) is 20.8 Å². The molecule has 3 aromatic rings. The van der Waals surface area contributed by atoms with Crippen LogP contribution < -0.4 is 15.6 Å². The smallest absolute Gasteiger partial charge is 0.422 e. The van der Waals surface area contributed by atoms with Crippen molar-refractivity contribution in [3.63, 3.8) is 0 Å². The molecule has 10 heteroatoms. The van der Waals surface area contributed by atoms with Crippen LogP contribution in [0.4, 0.5) is 13.2 Å². The maximum absolute atomic E-state index is 12.5. The average molecular weight is 411 g/mol. The minimum Gasteiger partial charge on any atom is -0.484 e. The Kier molecular flexibility index (Phi) is 5.41. The van der Waals surface area contributed by atoms with Crippen LogP contribution in [-0.2, 0) is 13.6 Å². The molecule has 0 spiro atoms. The lowest BCUT2D eigenvalue weighted by Gasteiger charge is -2.10. The first-order valence-electron chi connectivity index (χ1n) is 8.17. The third-order valence-electron chi connectivity index (χ3n) is 3.97. The molecule has 148 valence electrons. The molecule has 3 rings (SSSR count). The maximum atomic E-state index is 12.5. The van der Waals surface area contributed by atoms with Crippen LogP contribution in [0.25, 0.3) is 10.2 Å². The molecule has 2 aromatic heterocycles. The average Bonchev–Trinajstić information content (AvgIpc) is 2.98. The number of alkyl halides is 3. The molecule has 0 unspecified atom stereocenters. The van der Waals surface area contributed by atoms with Crippen molar-refractivity contribution in [1.82, 2.24) is 14.9 Å². The Hall–Kier alpha value is -2.88. The van der Waals surface area contributed by atoms with E-state index in [0.29, 0.717) is 26.2 Å². The molecule has 0 bridgehead atoms. The summed E-state index contributed by atoms with van der Waals surface area (Å²) in [6.07, 6.45) is -3.03. The van der Waals surface area contributed by atoms with Crippen molar-refractivity contribution in [2.75, 3.05) is 6.61 Å². The zero-order valence-corrected chi connectivity index (χ0v) is 15.8. The molecule has 1 N–H and O–H groups in total. The van der Waals surface area contributed by atoms with E-state index in [1.807, 2.05) is 0 Å². The highest BCUT2D eigenvalue weighted by atomic mass is 32.1. The summed E-state index contributed by atoms with van der Waals surface area (Å²) >= 11 is 1.12. The summed E-state index contributed by atoms with van der Waals surface area (Å²) in [6, 6.07) is 6.05. The van der Waals surface area contributed by atoms with Crippen molar-refractivity contribution in [1.29, 1.82) is 0 Å². The van der Waals surface area contributed by atoms with E-state index in [1.165, 1.54) is 23.0 Å².